The number of carboxylic acid groups (broad SMARTS) is 1. The SMILES string of the molecule is Cc1ccsc1C(=O)Nc1cccc(CC(=O)O)c1. The number of benzene rings is 1. The number of hydrogen-bond acceptors (Lipinski definition) is 3. The van der Waals surface area contributed by atoms with Gasteiger partial charge in [0, 0.05) is 5.69 Å². The number of rotatable bonds is 4. The molecule has 1 aromatic heterocycles. The molecule has 2 rings (SSSR count). The fourth-order valence-corrected chi connectivity index (χ4v) is 2.55. The molecule has 0 saturated carbocycles. The number of carbonyl (C=O) groups is 2. The van der Waals surface area contributed by atoms with Crippen LogP contribution in [-0.4, -0.2) is 17.0 Å². The number of aryl methyl sites for hydroxylation is 1. The van der Waals surface area contributed by atoms with Crippen molar-refractivity contribution in [1.82, 2.24) is 0 Å². The number of thiophene rings is 1. The molecule has 0 bridgehead atoms. The standard InChI is InChI=1S/C14H13NO3S/c1-9-5-6-19-13(9)14(18)15-11-4-2-3-10(7-11)8-12(16)17/h2-7H,8H2,1H3,(H,15,18)(H,16,17). The fraction of sp³-hybridized carbons (Fsp3) is 0.143. The van der Waals surface area contributed by atoms with E-state index in [1.807, 2.05) is 18.4 Å². The van der Waals surface area contributed by atoms with Gasteiger partial charge in [0.15, 0.2) is 0 Å². The van der Waals surface area contributed by atoms with Gasteiger partial charge in [0.05, 0.1) is 11.3 Å². The van der Waals surface area contributed by atoms with E-state index in [2.05, 4.69) is 5.32 Å². The van der Waals surface area contributed by atoms with Crippen LogP contribution in [0.1, 0.15) is 20.8 Å². The largest absolute Gasteiger partial charge is 0.481 e. The number of nitrogens with one attached hydrogen (secondary N) is 1. The summed E-state index contributed by atoms with van der Waals surface area (Å²) < 4.78 is 0. The highest BCUT2D eigenvalue weighted by molar-refractivity contribution is 7.12. The zero-order chi connectivity index (χ0) is 13.8. The van der Waals surface area contributed by atoms with E-state index in [4.69, 9.17) is 5.11 Å². The molecule has 0 unspecified atom stereocenters. The quantitative estimate of drug-likeness (QED) is 0.901. The predicted octanol–water partition coefficient (Wildman–Crippen LogP) is 2.94. The van der Waals surface area contributed by atoms with Crippen molar-refractivity contribution >= 4 is 28.9 Å². The highest BCUT2D eigenvalue weighted by Crippen LogP contribution is 2.18. The second-order valence-corrected chi connectivity index (χ2v) is 5.07. The van der Waals surface area contributed by atoms with Crippen molar-refractivity contribution in [2.45, 2.75) is 13.3 Å². The first kappa shape index (κ1) is 13.3. The summed E-state index contributed by atoms with van der Waals surface area (Å²) in [7, 11) is 0. The Balaban J connectivity index is 2.13. The van der Waals surface area contributed by atoms with E-state index < -0.39 is 5.97 Å². The highest BCUT2D eigenvalue weighted by atomic mass is 32.1. The number of amides is 1. The molecular formula is C14H13NO3S. The molecule has 0 atom stereocenters. The number of carboxylic acids is 1. The molecule has 2 N–H and O–H groups in total. The predicted molar refractivity (Wildman–Crippen MR) is 74.8 cm³/mol. The zero-order valence-electron chi connectivity index (χ0n) is 10.3. The summed E-state index contributed by atoms with van der Waals surface area (Å²) in [5.74, 6) is -1.06. The van der Waals surface area contributed by atoms with Gasteiger partial charge in [-0.25, -0.2) is 0 Å². The summed E-state index contributed by atoms with van der Waals surface area (Å²) >= 11 is 1.39. The topological polar surface area (TPSA) is 66.4 Å². The van der Waals surface area contributed by atoms with Gasteiger partial charge in [-0.05, 0) is 41.6 Å². The minimum absolute atomic E-state index is 0.0538. The molecule has 98 valence electrons. The first-order valence-corrected chi connectivity index (χ1v) is 6.60. The van der Waals surface area contributed by atoms with Gasteiger partial charge in [-0.15, -0.1) is 11.3 Å². The maximum atomic E-state index is 12.0. The van der Waals surface area contributed by atoms with E-state index in [1.165, 1.54) is 11.3 Å². The first-order valence-electron chi connectivity index (χ1n) is 5.72. The normalized spacial score (nSPS) is 10.2. The van der Waals surface area contributed by atoms with Crippen molar-refractivity contribution < 1.29 is 14.7 Å². The molecule has 0 aliphatic carbocycles. The minimum Gasteiger partial charge on any atom is -0.481 e. The first-order chi connectivity index (χ1) is 9.06. The van der Waals surface area contributed by atoms with Crippen LogP contribution in [0.3, 0.4) is 0 Å². The molecule has 1 heterocycles. The molecule has 0 saturated heterocycles. The molecule has 1 aromatic carbocycles. The van der Waals surface area contributed by atoms with Crippen molar-refractivity contribution in [3.8, 4) is 0 Å². The summed E-state index contributed by atoms with van der Waals surface area (Å²) in [6.07, 6.45) is -0.0538. The van der Waals surface area contributed by atoms with E-state index in [0.717, 1.165) is 5.56 Å². The van der Waals surface area contributed by atoms with Crippen LogP contribution in [0.2, 0.25) is 0 Å². The van der Waals surface area contributed by atoms with Crippen LogP contribution in [0.4, 0.5) is 5.69 Å². The summed E-state index contributed by atoms with van der Waals surface area (Å²) in [5.41, 5.74) is 2.20. The molecule has 0 aliphatic heterocycles. The van der Waals surface area contributed by atoms with Gasteiger partial charge < -0.3 is 10.4 Å². The van der Waals surface area contributed by atoms with Crippen LogP contribution < -0.4 is 5.32 Å². The second-order valence-electron chi connectivity index (χ2n) is 4.16. The Kier molecular flexibility index (Phi) is 3.97. The maximum Gasteiger partial charge on any atom is 0.307 e. The van der Waals surface area contributed by atoms with Crippen LogP contribution in [0.5, 0.6) is 0 Å². The number of anilines is 1. The van der Waals surface area contributed by atoms with E-state index in [1.54, 1.807) is 24.3 Å². The Bertz CT molecular complexity index is 619. The lowest BCUT2D eigenvalue weighted by molar-refractivity contribution is -0.136. The van der Waals surface area contributed by atoms with Crippen LogP contribution >= 0.6 is 11.3 Å². The number of carbonyl (C=O) groups excluding carboxylic acids is 1. The number of hydrogen-bond donors (Lipinski definition) is 2. The molecule has 0 spiro atoms. The molecule has 0 aliphatic rings. The molecule has 2 aromatic rings. The summed E-state index contributed by atoms with van der Waals surface area (Å²) in [6.45, 7) is 1.88. The third-order valence-corrected chi connectivity index (χ3v) is 3.62. The van der Waals surface area contributed by atoms with Crippen LogP contribution in [0, 0.1) is 6.92 Å². The van der Waals surface area contributed by atoms with E-state index in [9.17, 15) is 9.59 Å². The average molecular weight is 275 g/mol. The van der Waals surface area contributed by atoms with Gasteiger partial charge in [0.1, 0.15) is 0 Å². The van der Waals surface area contributed by atoms with E-state index in [0.29, 0.717) is 16.1 Å². The monoisotopic (exact) mass is 275 g/mol. The van der Waals surface area contributed by atoms with Gasteiger partial charge in [-0.2, -0.15) is 0 Å². The lowest BCUT2D eigenvalue weighted by Gasteiger charge is -2.06. The Morgan fingerprint density at radius 3 is 2.74 bits per heavy atom. The summed E-state index contributed by atoms with van der Waals surface area (Å²) in [4.78, 5) is 23.3. The van der Waals surface area contributed by atoms with Gasteiger partial charge in [-0.3, -0.25) is 9.59 Å². The second kappa shape index (κ2) is 5.67. The Hall–Kier alpha value is -2.14. The Morgan fingerprint density at radius 1 is 1.32 bits per heavy atom. The lowest BCUT2D eigenvalue weighted by atomic mass is 10.1. The van der Waals surface area contributed by atoms with Crippen LogP contribution in [0.25, 0.3) is 0 Å². The zero-order valence-corrected chi connectivity index (χ0v) is 11.2. The number of aliphatic carboxylic acids is 1. The van der Waals surface area contributed by atoms with Crippen molar-refractivity contribution in [1.29, 1.82) is 0 Å². The molecule has 19 heavy (non-hydrogen) atoms. The highest BCUT2D eigenvalue weighted by Gasteiger charge is 2.11. The van der Waals surface area contributed by atoms with Crippen molar-refractivity contribution in [3.05, 3.63) is 51.7 Å². The molecule has 0 fully saturated rings. The average Bonchev–Trinajstić information content (AvgIpc) is 2.75. The van der Waals surface area contributed by atoms with Crippen molar-refractivity contribution in [2.24, 2.45) is 0 Å². The fourth-order valence-electron chi connectivity index (χ4n) is 1.73. The Morgan fingerprint density at radius 2 is 2.11 bits per heavy atom. The third-order valence-electron chi connectivity index (χ3n) is 2.61. The van der Waals surface area contributed by atoms with Gasteiger partial charge in [0.2, 0.25) is 0 Å². The van der Waals surface area contributed by atoms with Gasteiger partial charge >= 0.3 is 5.97 Å². The van der Waals surface area contributed by atoms with Crippen LogP contribution in [0.15, 0.2) is 35.7 Å². The summed E-state index contributed by atoms with van der Waals surface area (Å²) in [6, 6.07) is 8.76. The van der Waals surface area contributed by atoms with Crippen LogP contribution in [-0.2, 0) is 11.2 Å². The van der Waals surface area contributed by atoms with Crippen molar-refractivity contribution in [2.75, 3.05) is 5.32 Å². The molecule has 4 nitrogen and oxygen atoms in total. The van der Waals surface area contributed by atoms with Gasteiger partial charge in [-0.1, -0.05) is 12.1 Å². The minimum atomic E-state index is -0.891. The summed E-state index contributed by atoms with van der Waals surface area (Å²) in [5, 5.41) is 13.4. The van der Waals surface area contributed by atoms with E-state index in [-0.39, 0.29) is 12.3 Å². The maximum absolute atomic E-state index is 12.0. The smallest absolute Gasteiger partial charge is 0.307 e. The van der Waals surface area contributed by atoms with Gasteiger partial charge in [0.25, 0.3) is 5.91 Å². The Labute approximate surface area is 114 Å². The molecule has 5 heteroatoms. The third kappa shape index (κ3) is 3.42. The molecule has 1 amide bonds. The lowest BCUT2D eigenvalue weighted by Crippen LogP contribution is -2.11. The molecule has 0 radical (unpaired) electrons. The van der Waals surface area contributed by atoms with E-state index >= 15 is 0 Å². The molecular weight excluding hydrogens is 262 g/mol. The van der Waals surface area contributed by atoms with Crippen molar-refractivity contribution in [3.63, 3.8) is 0 Å².